The summed E-state index contributed by atoms with van der Waals surface area (Å²) in [5.41, 5.74) is 2.11. The van der Waals surface area contributed by atoms with Gasteiger partial charge in [-0.2, -0.15) is 0 Å². The van der Waals surface area contributed by atoms with Gasteiger partial charge >= 0.3 is 0 Å². The molecule has 2 unspecified atom stereocenters. The Morgan fingerprint density at radius 2 is 1.83 bits per heavy atom. The summed E-state index contributed by atoms with van der Waals surface area (Å²) in [6, 6.07) is 13.2. The first-order chi connectivity index (χ1) is 17.3. The number of ether oxygens (including phenoxy) is 2. The average Bonchev–Trinajstić information content (AvgIpc) is 3.21. The monoisotopic (exact) mass is 487 g/mol. The number of imide groups is 1. The number of nitrogens with one attached hydrogen (secondary N) is 1. The SMILES string of the molecule is BC1CC(=O)NC(=O)C1(B)N1Cc2c(OCc3ccc(CN4CCOCC4=O)cc3)cccc2C1=O. The summed E-state index contributed by atoms with van der Waals surface area (Å²) in [5.74, 6) is -0.732. The second-order valence-electron chi connectivity index (χ2n) is 9.78. The Labute approximate surface area is 210 Å². The van der Waals surface area contributed by atoms with Gasteiger partial charge in [-0.25, -0.2) is 0 Å². The smallest absolute Gasteiger partial charge is 0.254 e. The van der Waals surface area contributed by atoms with E-state index in [9.17, 15) is 19.2 Å². The predicted molar refractivity (Wildman–Crippen MR) is 135 cm³/mol. The average molecular weight is 487 g/mol. The fourth-order valence-electron chi connectivity index (χ4n) is 5.05. The maximum absolute atomic E-state index is 13.3. The number of benzene rings is 2. The van der Waals surface area contributed by atoms with Gasteiger partial charge in [0, 0.05) is 30.6 Å². The molecule has 2 aromatic carbocycles. The maximum atomic E-state index is 13.3. The van der Waals surface area contributed by atoms with Crippen LogP contribution in [0.5, 0.6) is 5.75 Å². The zero-order valence-corrected chi connectivity index (χ0v) is 20.4. The fraction of sp³-hybridized carbons (Fsp3) is 0.360. The first kappa shape index (κ1) is 24.1. The molecule has 2 fully saturated rings. The molecule has 0 radical (unpaired) electrons. The Morgan fingerprint density at radius 1 is 1.08 bits per heavy atom. The Morgan fingerprint density at radius 3 is 2.56 bits per heavy atom. The Hall–Kier alpha value is -3.59. The van der Waals surface area contributed by atoms with E-state index >= 15 is 0 Å². The van der Waals surface area contributed by atoms with Gasteiger partial charge in [-0.1, -0.05) is 30.3 Å². The highest BCUT2D eigenvalue weighted by Crippen LogP contribution is 2.40. The molecule has 2 aromatic rings. The first-order valence-corrected chi connectivity index (χ1v) is 12.1. The Kier molecular flexibility index (Phi) is 6.34. The van der Waals surface area contributed by atoms with Crippen LogP contribution in [0.25, 0.3) is 0 Å². The molecule has 0 aromatic heterocycles. The normalized spacial score (nSPS) is 24.1. The fourth-order valence-corrected chi connectivity index (χ4v) is 5.05. The molecular formula is C25H27B2N3O6. The van der Waals surface area contributed by atoms with Crippen LogP contribution < -0.4 is 10.1 Å². The number of hydrogen-bond acceptors (Lipinski definition) is 6. The molecule has 9 nitrogen and oxygen atoms in total. The van der Waals surface area contributed by atoms with Crippen LogP contribution in [0.1, 0.15) is 33.5 Å². The lowest BCUT2D eigenvalue weighted by molar-refractivity contribution is -0.143. The van der Waals surface area contributed by atoms with E-state index in [1.807, 2.05) is 38.2 Å². The van der Waals surface area contributed by atoms with E-state index in [0.717, 1.165) is 16.7 Å². The van der Waals surface area contributed by atoms with Gasteiger partial charge in [0.2, 0.25) is 17.7 Å². The van der Waals surface area contributed by atoms with Crippen molar-refractivity contribution in [1.82, 2.24) is 15.1 Å². The van der Waals surface area contributed by atoms with Gasteiger partial charge in [-0.05, 0) is 29.1 Å². The zero-order chi connectivity index (χ0) is 25.4. The third kappa shape index (κ3) is 4.28. The molecule has 0 aliphatic carbocycles. The summed E-state index contributed by atoms with van der Waals surface area (Å²) < 4.78 is 11.3. The molecule has 0 bridgehead atoms. The maximum Gasteiger partial charge on any atom is 0.254 e. The van der Waals surface area contributed by atoms with Crippen molar-refractivity contribution in [2.24, 2.45) is 0 Å². The molecule has 1 N–H and O–H groups in total. The van der Waals surface area contributed by atoms with Gasteiger partial charge in [0.05, 0.1) is 18.6 Å². The number of carbonyl (C=O) groups excluding carboxylic acids is 4. The van der Waals surface area contributed by atoms with E-state index in [4.69, 9.17) is 9.47 Å². The number of rotatable bonds is 6. The van der Waals surface area contributed by atoms with Crippen molar-refractivity contribution in [3.8, 4) is 5.75 Å². The molecule has 5 rings (SSSR count). The van der Waals surface area contributed by atoms with Gasteiger partial charge in [0.25, 0.3) is 5.91 Å². The van der Waals surface area contributed by atoms with Gasteiger partial charge in [0.15, 0.2) is 0 Å². The molecule has 184 valence electrons. The number of fused-ring (bicyclic) bond motifs is 1. The van der Waals surface area contributed by atoms with Gasteiger partial charge in [0.1, 0.15) is 34.7 Å². The van der Waals surface area contributed by atoms with E-state index in [1.54, 1.807) is 29.8 Å². The van der Waals surface area contributed by atoms with E-state index < -0.39 is 11.3 Å². The van der Waals surface area contributed by atoms with Gasteiger partial charge < -0.3 is 19.3 Å². The van der Waals surface area contributed by atoms with Crippen LogP contribution >= 0.6 is 0 Å². The van der Waals surface area contributed by atoms with E-state index in [-0.39, 0.29) is 43.1 Å². The van der Waals surface area contributed by atoms with Crippen molar-refractivity contribution >= 4 is 39.3 Å². The summed E-state index contributed by atoms with van der Waals surface area (Å²) in [5, 5.41) is 2.39. The van der Waals surface area contributed by atoms with Crippen molar-refractivity contribution in [3.05, 3.63) is 64.7 Å². The number of piperidine rings is 1. The highest BCUT2D eigenvalue weighted by atomic mass is 16.5. The Balaban J connectivity index is 1.27. The van der Waals surface area contributed by atoms with Crippen LogP contribution in [0.15, 0.2) is 42.5 Å². The van der Waals surface area contributed by atoms with E-state index in [1.165, 1.54) is 0 Å². The highest BCUT2D eigenvalue weighted by Gasteiger charge is 2.52. The minimum Gasteiger partial charge on any atom is -0.489 e. The predicted octanol–water partition coefficient (Wildman–Crippen LogP) is -0.622. The molecule has 36 heavy (non-hydrogen) atoms. The first-order valence-electron chi connectivity index (χ1n) is 12.1. The van der Waals surface area contributed by atoms with Crippen molar-refractivity contribution in [3.63, 3.8) is 0 Å². The quantitative estimate of drug-likeness (QED) is 0.431. The number of morpholine rings is 1. The van der Waals surface area contributed by atoms with Crippen LogP contribution in [0.2, 0.25) is 5.82 Å². The minimum atomic E-state index is -1.13. The summed E-state index contributed by atoms with van der Waals surface area (Å²) in [6.07, 6.45) is 0.182. The highest BCUT2D eigenvalue weighted by molar-refractivity contribution is 6.38. The third-order valence-electron chi connectivity index (χ3n) is 7.52. The van der Waals surface area contributed by atoms with Crippen molar-refractivity contribution in [2.45, 2.75) is 37.4 Å². The van der Waals surface area contributed by atoms with Gasteiger partial charge in [-0.15, -0.1) is 0 Å². The van der Waals surface area contributed by atoms with Crippen LogP contribution in [-0.4, -0.2) is 74.3 Å². The molecule has 0 saturated carbocycles. The minimum absolute atomic E-state index is 0.00394. The Bertz CT molecular complexity index is 1240. The number of amides is 4. The lowest BCUT2D eigenvalue weighted by Gasteiger charge is -2.44. The molecule has 3 aliphatic rings. The lowest BCUT2D eigenvalue weighted by atomic mass is 9.56. The summed E-state index contributed by atoms with van der Waals surface area (Å²) in [6.45, 7) is 2.37. The van der Waals surface area contributed by atoms with Crippen molar-refractivity contribution < 1.29 is 28.7 Å². The molecule has 4 amide bonds. The van der Waals surface area contributed by atoms with Crippen LogP contribution in [-0.2, 0) is 38.8 Å². The lowest BCUT2D eigenvalue weighted by Crippen LogP contribution is -2.66. The van der Waals surface area contributed by atoms with Gasteiger partial charge in [-0.3, -0.25) is 24.5 Å². The molecule has 3 aliphatic heterocycles. The summed E-state index contributed by atoms with van der Waals surface area (Å²) >= 11 is 0. The van der Waals surface area contributed by atoms with Crippen LogP contribution in [0.3, 0.4) is 0 Å². The second-order valence-corrected chi connectivity index (χ2v) is 9.78. The van der Waals surface area contributed by atoms with Crippen LogP contribution in [0, 0.1) is 0 Å². The number of nitrogens with zero attached hydrogens (tertiary/aromatic N) is 2. The summed E-state index contributed by atoms with van der Waals surface area (Å²) in [4.78, 5) is 53.2. The second kappa shape index (κ2) is 9.46. The molecule has 11 heteroatoms. The van der Waals surface area contributed by atoms with E-state index in [2.05, 4.69) is 5.32 Å². The molecule has 3 heterocycles. The topological polar surface area (TPSA) is 105 Å². The molecule has 2 saturated heterocycles. The van der Waals surface area contributed by atoms with Crippen molar-refractivity contribution in [1.29, 1.82) is 0 Å². The third-order valence-corrected chi connectivity index (χ3v) is 7.52. The molecular weight excluding hydrogens is 460 g/mol. The number of carbonyl (C=O) groups is 4. The summed E-state index contributed by atoms with van der Waals surface area (Å²) in [7, 11) is 3.54. The largest absolute Gasteiger partial charge is 0.489 e. The van der Waals surface area contributed by atoms with Crippen molar-refractivity contribution in [2.75, 3.05) is 19.8 Å². The van der Waals surface area contributed by atoms with E-state index in [0.29, 0.717) is 37.6 Å². The number of hydrogen-bond donors (Lipinski definition) is 1. The molecule has 0 spiro atoms. The molecule has 2 atom stereocenters. The standard InChI is InChI=1S/C25H27B2N3O6/c26-20-10-21(31)28-24(34)25(20,27)30-12-18-17(23(30)33)2-1-3-19(18)36-13-16-6-4-15(5-7-16)11-29-8-9-35-14-22(29)32/h1-7,20H,8-14,26-27H2,(H,28,31,34). The zero-order valence-electron chi connectivity index (χ0n) is 20.4. The van der Waals surface area contributed by atoms with Crippen LogP contribution in [0.4, 0.5) is 0 Å².